The van der Waals surface area contributed by atoms with E-state index in [9.17, 15) is 0 Å². The van der Waals surface area contributed by atoms with E-state index in [4.69, 9.17) is 0 Å². The van der Waals surface area contributed by atoms with Gasteiger partial charge in [0.05, 0.1) is 0 Å². The molecule has 0 heterocycles. The van der Waals surface area contributed by atoms with Crippen molar-refractivity contribution in [3.63, 3.8) is 0 Å². The van der Waals surface area contributed by atoms with Crippen LogP contribution in [-0.4, -0.2) is 0 Å². The van der Waals surface area contributed by atoms with Crippen LogP contribution in [0.4, 0.5) is 0 Å². The van der Waals surface area contributed by atoms with Crippen LogP contribution in [0.2, 0.25) is 0 Å². The zero-order chi connectivity index (χ0) is 19.2. The molecule has 3 rings (SSSR count). The Morgan fingerprint density at radius 2 is 1.52 bits per heavy atom. The molecule has 136 valence electrons. The van der Waals surface area contributed by atoms with Crippen molar-refractivity contribution in [2.75, 3.05) is 0 Å². The number of thioether (sulfide) groups is 1. The summed E-state index contributed by atoms with van der Waals surface area (Å²) in [5.74, 6) is 0. The second kappa shape index (κ2) is 8.92. The number of rotatable bonds is 6. The molecule has 0 radical (unpaired) electrons. The predicted molar refractivity (Wildman–Crippen MR) is 122 cm³/mol. The van der Waals surface area contributed by atoms with Gasteiger partial charge in [-0.1, -0.05) is 85.1 Å². The van der Waals surface area contributed by atoms with Gasteiger partial charge in [0.25, 0.3) is 0 Å². The molecule has 1 heteroatoms. The highest BCUT2D eigenvalue weighted by molar-refractivity contribution is 8.10. The summed E-state index contributed by atoms with van der Waals surface area (Å²) in [6, 6.07) is 23.6. The number of allylic oxidation sites excluding steroid dienone is 1. The quantitative estimate of drug-likeness (QED) is 0.427. The highest BCUT2D eigenvalue weighted by Crippen LogP contribution is 2.30. The molecule has 0 saturated heterocycles. The fourth-order valence-corrected chi connectivity index (χ4v) is 3.74. The van der Waals surface area contributed by atoms with E-state index in [2.05, 4.69) is 99.5 Å². The van der Waals surface area contributed by atoms with E-state index >= 15 is 0 Å². The average molecular weight is 371 g/mol. The minimum Gasteiger partial charge on any atom is -0.0984 e. The molecular formula is C26H26S. The standard InChI is InChI=1S/C26H26S/c1-19-16-21(3)24(17-20(19)2)14-9-15-27-22(4)25-12-8-13-26(18-25)23-10-6-5-7-11-23/h5-13,15-18H,4,14H2,1-3H3/b15-9+. The third-order valence-corrected chi connectivity index (χ3v) is 5.74. The van der Waals surface area contributed by atoms with E-state index in [1.807, 2.05) is 6.07 Å². The smallest absolute Gasteiger partial charge is 0.0117 e. The molecule has 0 bridgehead atoms. The van der Waals surface area contributed by atoms with Crippen LogP contribution in [0.1, 0.15) is 27.8 Å². The van der Waals surface area contributed by atoms with E-state index < -0.39 is 0 Å². The fraction of sp³-hybridized carbons (Fsp3) is 0.154. The summed E-state index contributed by atoms with van der Waals surface area (Å²) in [6.07, 6.45) is 3.19. The van der Waals surface area contributed by atoms with Gasteiger partial charge in [-0.05, 0) is 77.6 Å². The van der Waals surface area contributed by atoms with E-state index in [-0.39, 0.29) is 0 Å². The van der Waals surface area contributed by atoms with Crippen LogP contribution in [0.15, 0.2) is 84.8 Å². The molecule has 3 aromatic rings. The molecule has 0 N–H and O–H groups in total. The predicted octanol–water partition coefficient (Wildman–Crippen LogP) is 7.74. The number of aryl methyl sites for hydroxylation is 3. The lowest BCUT2D eigenvalue weighted by atomic mass is 9.99. The lowest BCUT2D eigenvalue weighted by molar-refractivity contribution is 1.17. The lowest BCUT2D eigenvalue weighted by Gasteiger charge is -2.08. The molecule has 0 saturated carbocycles. The van der Waals surface area contributed by atoms with Crippen LogP contribution in [0.3, 0.4) is 0 Å². The van der Waals surface area contributed by atoms with Crippen molar-refractivity contribution >= 4 is 16.7 Å². The monoisotopic (exact) mass is 370 g/mol. The maximum Gasteiger partial charge on any atom is 0.0117 e. The largest absolute Gasteiger partial charge is 0.0984 e. The number of benzene rings is 3. The Kier molecular flexibility index (Phi) is 6.36. The molecule has 3 aromatic carbocycles. The molecule has 0 unspecified atom stereocenters. The summed E-state index contributed by atoms with van der Waals surface area (Å²) in [7, 11) is 0. The Hall–Kier alpha value is -2.51. The Bertz CT molecular complexity index is 965. The molecule has 0 amide bonds. The highest BCUT2D eigenvalue weighted by Gasteiger charge is 2.03. The minimum atomic E-state index is 0.956. The first-order valence-electron chi connectivity index (χ1n) is 9.28. The van der Waals surface area contributed by atoms with Gasteiger partial charge in [0.1, 0.15) is 0 Å². The Morgan fingerprint density at radius 1 is 0.815 bits per heavy atom. The Balaban J connectivity index is 1.64. The van der Waals surface area contributed by atoms with Crippen LogP contribution in [-0.2, 0) is 6.42 Å². The average Bonchev–Trinajstić information content (AvgIpc) is 2.69. The molecule has 0 spiro atoms. The van der Waals surface area contributed by atoms with E-state index in [1.165, 1.54) is 38.9 Å². The molecule has 0 fully saturated rings. The second-order valence-corrected chi connectivity index (χ2v) is 7.93. The normalized spacial score (nSPS) is 11.1. The van der Waals surface area contributed by atoms with Gasteiger partial charge in [0.15, 0.2) is 0 Å². The van der Waals surface area contributed by atoms with Gasteiger partial charge in [0.2, 0.25) is 0 Å². The van der Waals surface area contributed by atoms with E-state index in [1.54, 1.807) is 11.8 Å². The Labute approximate surface area is 167 Å². The maximum atomic E-state index is 4.26. The first-order chi connectivity index (χ1) is 13.0. The third-order valence-electron chi connectivity index (χ3n) is 4.89. The summed E-state index contributed by atoms with van der Waals surface area (Å²) < 4.78 is 0. The maximum absolute atomic E-state index is 4.26. The van der Waals surface area contributed by atoms with E-state index in [0.29, 0.717) is 0 Å². The SMILES string of the molecule is C=C(S/C=C/Cc1cc(C)c(C)cc1C)c1cccc(-c2ccccc2)c1. The van der Waals surface area contributed by atoms with Gasteiger partial charge < -0.3 is 0 Å². The summed E-state index contributed by atoms with van der Waals surface area (Å²) >= 11 is 1.69. The number of hydrogen-bond acceptors (Lipinski definition) is 1. The summed E-state index contributed by atoms with van der Waals surface area (Å²) in [5, 5.41) is 2.16. The van der Waals surface area contributed by atoms with Crippen LogP contribution >= 0.6 is 11.8 Å². The first kappa shape index (κ1) is 19.3. The van der Waals surface area contributed by atoms with Gasteiger partial charge in [-0.25, -0.2) is 0 Å². The van der Waals surface area contributed by atoms with Crippen molar-refractivity contribution in [2.24, 2.45) is 0 Å². The van der Waals surface area contributed by atoms with Gasteiger partial charge in [-0.3, -0.25) is 0 Å². The van der Waals surface area contributed by atoms with Gasteiger partial charge >= 0.3 is 0 Å². The van der Waals surface area contributed by atoms with Crippen molar-refractivity contribution in [3.8, 4) is 11.1 Å². The van der Waals surface area contributed by atoms with E-state index in [0.717, 1.165) is 11.3 Å². The summed E-state index contributed by atoms with van der Waals surface area (Å²) in [4.78, 5) is 1.07. The van der Waals surface area contributed by atoms with Crippen molar-refractivity contribution in [3.05, 3.63) is 113 Å². The van der Waals surface area contributed by atoms with Gasteiger partial charge in [0, 0.05) is 4.91 Å². The fourth-order valence-electron chi connectivity index (χ4n) is 3.12. The number of hydrogen-bond donors (Lipinski definition) is 0. The molecule has 0 aromatic heterocycles. The molecule has 0 aliphatic heterocycles. The Morgan fingerprint density at radius 3 is 2.30 bits per heavy atom. The van der Waals surface area contributed by atoms with Crippen LogP contribution < -0.4 is 0 Å². The van der Waals surface area contributed by atoms with Crippen LogP contribution in [0.5, 0.6) is 0 Å². The third kappa shape index (κ3) is 5.02. The van der Waals surface area contributed by atoms with Gasteiger partial charge in [-0.15, -0.1) is 0 Å². The van der Waals surface area contributed by atoms with Crippen molar-refractivity contribution < 1.29 is 0 Å². The van der Waals surface area contributed by atoms with Gasteiger partial charge in [-0.2, -0.15) is 0 Å². The summed E-state index contributed by atoms with van der Waals surface area (Å²) in [6.45, 7) is 10.8. The lowest BCUT2D eigenvalue weighted by Crippen LogP contribution is -1.91. The van der Waals surface area contributed by atoms with Crippen LogP contribution in [0.25, 0.3) is 16.0 Å². The molecular weight excluding hydrogens is 344 g/mol. The van der Waals surface area contributed by atoms with Crippen LogP contribution in [0, 0.1) is 20.8 Å². The zero-order valence-corrected chi connectivity index (χ0v) is 17.1. The van der Waals surface area contributed by atoms with Crippen molar-refractivity contribution in [1.82, 2.24) is 0 Å². The molecule has 27 heavy (non-hydrogen) atoms. The topological polar surface area (TPSA) is 0 Å². The second-order valence-electron chi connectivity index (χ2n) is 6.93. The molecule has 0 atom stereocenters. The van der Waals surface area contributed by atoms with Crippen molar-refractivity contribution in [1.29, 1.82) is 0 Å². The zero-order valence-electron chi connectivity index (χ0n) is 16.3. The molecule has 0 aliphatic rings. The summed E-state index contributed by atoms with van der Waals surface area (Å²) in [5.41, 5.74) is 9.12. The first-order valence-corrected chi connectivity index (χ1v) is 10.2. The molecule has 0 nitrogen and oxygen atoms in total. The highest BCUT2D eigenvalue weighted by atomic mass is 32.2. The molecule has 0 aliphatic carbocycles. The minimum absolute atomic E-state index is 0.956. The van der Waals surface area contributed by atoms with Crippen molar-refractivity contribution in [2.45, 2.75) is 27.2 Å².